The third-order valence-corrected chi connectivity index (χ3v) is 3.14. The molecule has 1 amide bonds. The van der Waals surface area contributed by atoms with Crippen molar-refractivity contribution in [1.29, 1.82) is 0 Å². The van der Waals surface area contributed by atoms with Crippen molar-refractivity contribution in [3.63, 3.8) is 0 Å². The third kappa shape index (κ3) is 9.19. The van der Waals surface area contributed by atoms with E-state index in [1.165, 1.54) is 32.1 Å². The average molecular weight is 255 g/mol. The first kappa shape index (κ1) is 17.1. The largest absolute Gasteiger partial charge is 0.366 e. The van der Waals surface area contributed by atoms with E-state index in [9.17, 15) is 4.79 Å². The third-order valence-electron chi connectivity index (χ3n) is 3.14. The first-order valence-electron chi connectivity index (χ1n) is 6.94. The van der Waals surface area contributed by atoms with Crippen LogP contribution in [0, 0.1) is 0 Å². The van der Waals surface area contributed by atoms with Crippen molar-refractivity contribution in [2.75, 3.05) is 0 Å². The van der Waals surface area contributed by atoms with Crippen LogP contribution in [0.25, 0.3) is 0 Å². The van der Waals surface area contributed by atoms with Gasteiger partial charge in [0.2, 0.25) is 5.91 Å². The molecule has 0 aliphatic rings. The topological polar surface area (TPSA) is 95.1 Å². The van der Waals surface area contributed by atoms with Crippen molar-refractivity contribution in [1.82, 2.24) is 0 Å². The molecule has 0 heterocycles. The number of hydrogen-bond donors (Lipinski definition) is 3. The molecule has 6 N–H and O–H groups in total. The van der Waals surface area contributed by atoms with Crippen molar-refractivity contribution >= 4 is 5.91 Å². The molecule has 0 aliphatic carbocycles. The number of unbranched alkanes of at least 4 members (excludes halogenated alkanes) is 6. The standard InChI is InChI=1S/C14H29N3O/c1-3-4-5-6-7-8-9-10-14(16,17)11-12(2)13(15)18/h2-11,16-17H2,1H3,(H2,15,18). The Balaban J connectivity index is 3.64. The maximum Gasteiger partial charge on any atom is 0.244 e. The minimum atomic E-state index is -0.852. The monoisotopic (exact) mass is 255 g/mol. The molecule has 0 atom stereocenters. The van der Waals surface area contributed by atoms with Gasteiger partial charge in [0.25, 0.3) is 0 Å². The summed E-state index contributed by atoms with van der Waals surface area (Å²) in [5.41, 5.74) is 16.4. The normalized spacial score (nSPS) is 11.5. The van der Waals surface area contributed by atoms with Gasteiger partial charge in [-0.25, -0.2) is 0 Å². The second kappa shape index (κ2) is 9.11. The highest BCUT2D eigenvalue weighted by atomic mass is 16.1. The van der Waals surface area contributed by atoms with E-state index in [1.54, 1.807) is 0 Å². The predicted octanol–water partition coefficient (Wildman–Crippen LogP) is 2.17. The van der Waals surface area contributed by atoms with Gasteiger partial charge >= 0.3 is 0 Å². The Bertz CT molecular complexity index is 262. The van der Waals surface area contributed by atoms with Crippen LogP contribution in [0.3, 0.4) is 0 Å². The molecule has 0 saturated carbocycles. The van der Waals surface area contributed by atoms with Crippen molar-refractivity contribution in [3.05, 3.63) is 12.2 Å². The van der Waals surface area contributed by atoms with Crippen molar-refractivity contribution in [2.45, 2.75) is 70.4 Å². The Morgan fingerprint density at radius 1 is 1.06 bits per heavy atom. The quantitative estimate of drug-likeness (QED) is 0.300. The van der Waals surface area contributed by atoms with E-state index < -0.39 is 11.6 Å². The van der Waals surface area contributed by atoms with E-state index in [4.69, 9.17) is 17.2 Å². The van der Waals surface area contributed by atoms with Crippen LogP contribution >= 0.6 is 0 Å². The summed E-state index contributed by atoms with van der Waals surface area (Å²) in [5.74, 6) is -0.519. The second-order valence-electron chi connectivity index (χ2n) is 5.25. The molecule has 18 heavy (non-hydrogen) atoms. The summed E-state index contributed by atoms with van der Waals surface area (Å²) in [6.07, 6.45) is 9.52. The Labute approximate surface area is 111 Å². The molecule has 0 rings (SSSR count). The molecular weight excluding hydrogens is 226 g/mol. The van der Waals surface area contributed by atoms with Gasteiger partial charge in [-0.3, -0.25) is 4.79 Å². The molecule has 0 saturated heterocycles. The van der Waals surface area contributed by atoms with Crippen LogP contribution in [0.1, 0.15) is 64.7 Å². The van der Waals surface area contributed by atoms with Gasteiger partial charge < -0.3 is 17.2 Å². The highest BCUT2D eigenvalue weighted by Crippen LogP contribution is 2.16. The van der Waals surface area contributed by atoms with Crippen LogP contribution in [0.2, 0.25) is 0 Å². The summed E-state index contributed by atoms with van der Waals surface area (Å²) < 4.78 is 0. The molecule has 0 spiro atoms. The molecule has 0 aromatic rings. The lowest BCUT2D eigenvalue weighted by molar-refractivity contribution is -0.114. The number of carbonyl (C=O) groups is 1. The molecule has 0 bridgehead atoms. The van der Waals surface area contributed by atoms with Gasteiger partial charge in [-0.05, 0) is 6.42 Å². The maximum absolute atomic E-state index is 10.9. The van der Waals surface area contributed by atoms with E-state index >= 15 is 0 Å². The number of rotatable bonds is 11. The lowest BCUT2D eigenvalue weighted by Gasteiger charge is -2.24. The maximum atomic E-state index is 10.9. The predicted molar refractivity (Wildman–Crippen MR) is 76.7 cm³/mol. The summed E-state index contributed by atoms with van der Waals surface area (Å²) >= 11 is 0. The van der Waals surface area contributed by atoms with Gasteiger partial charge in [0, 0.05) is 12.0 Å². The Kier molecular flexibility index (Phi) is 8.67. The smallest absolute Gasteiger partial charge is 0.244 e. The summed E-state index contributed by atoms with van der Waals surface area (Å²) in [7, 11) is 0. The molecule has 4 heteroatoms. The van der Waals surface area contributed by atoms with Crippen molar-refractivity contribution < 1.29 is 4.79 Å². The Morgan fingerprint density at radius 3 is 2.06 bits per heavy atom. The van der Waals surface area contributed by atoms with Crippen LogP contribution in [0.15, 0.2) is 12.2 Å². The SMILES string of the molecule is C=C(CC(N)(N)CCCCCCCCC)C(N)=O. The highest BCUT2D eigenvalue weighted by molar-refractivity contribution is 5.91. The van der Waals surface area contributed by atoms with Crippen LogP contribution in [-0.4, -0.2) is 11.6 Å². The second-order valence-corrected chi connectivity index (χ2v) is 5.25. The van der Waals surface area contributed by atoms with E-state index in [-0.39, 0.29) is 6.42 Å². The number of hydrogen-bond acceptors (Lipinski definition) is 3. The minimum Gasteiger partial charge on any atom is -0.366 e. The molecule has 0 fully saturated rings. The first-order valence-corrected chi connectivity index (χ1v) is 6.94. The van der Waals surface area contributed by atoms with Crippen LogP contribution in [-0.2, 0) is 4.79 Å². The van der Waals surface area contributed by atoms with Gasteiger partial charge in [0.15, 0.2) is 0 Å². The molecule has 4 nitrogen and oxygen atoms in total. The molecule has 0 aromatic heterocycles. The van der Waals surface area contributed by atoms with E-state index in [1.807, 2.05) is 0 Å². The average Bonchev–Trinajstić information content (AvgIpc) is 2.27. The lowest BCUT2D eigenvalue weighted by Crippen LogP contribution is -2.50. The lowest BCUT2D eigenvalue weighted by atomic mass is 9.95. The van der Waals surface area contributed by atoms with Crippen LogP contribution in [0.5, 0.6) is 0 Å². The van der Waals surface area contributed by atoms with Crippen LogP contribution in [0.4, 0.5) is 0 Å². The summed E-state index contributed by atoms with van der Waals surface area (Å²) in [4.78, 5) is 10.9. The van der Waals surface area contributed by atoms with Gasteiger partial charge in [0.1, 0.15) is 0 Å². The summed E-state index contributed by atoms with van der Waals surface area (Å²) in [6, 6.07) is 0. The van der Waals surface area contributed by atoms with Gasteiger partial charge in [0.05, 0.1) is 5.66 Å². The molecule has 0 radical (unpaired) electrons. The van der Waals surface area contributed by atoms with E-state index in [0.29, 0.717) is 12.0 Å². The fraction of sp³-hybridized carbons (Fsp3) is 0.786. The molecule has 0 aromatic carbocycles. The fourth-order valence-electron chi connectivity index (χ4n) is 1.98. The summed E-state index contributed by atoms with van der Waals surface area (Å²) in [6.45, 7) is 5.79. The number of carbonyl (C=O) groups excluding carboxylic acids is 1. The Morgan fingerprint density at radius 2 is 1.56 bits per heavy atom. The molecule has 0 aliphatic heterocycles. The van der Waals surface area contributed by atoms with Gasteiger partial charge in [-0.2, -0.15) is 0 Å². The zero-order valence-electron chi connectivity index (χ0n) is 11.7. The van der Waals surface area contributed by atoms with Crippen molar-refractivity contribution in [3.8, 4) is 0 Å². The zero-order chi connectivity index (χ0) is 14.0. The first-order chi connectivity index (χ1) is 8.39. The van der Waals surface area contributed by atoms with Crippen molar-refractivity contribution in [2.24, 2.45) is 17.2 Å². The van der Waals surface area contributed by atoms with E-state index in [2.05, 4.69) is 13.5 Å². The minimum absolute atomic E-state index is 0.276. The summed E-state index contributed by atoms with van der Waals surface area (Å²) in [5, 5.41) is 0. The zero-order valence-corrected chi connectivity index (χ0v) is 11.7. The van der Waals surface area contributed by atoms with Gasteiger partial charge in [-0.1, -0.05) is 58.4 Å². The Hall–Kier alpha value is -0.870. The number of primary amides is 1. The molecule has 106 valence electrons. The fourth-order valence-corrected chi connectivity index (χ4v) is 1.98. The highest BCUT2D eigenvalue weighted by Gasteiger charge is 2.21. The number of amides is 1. The van der Waals surface area contributed by atoms with Crippen LogP contribution < -0.4 is 17.2 Å². The molecule has 0 unspecified atom stereocenters. The van der Waals surface area contributed by atoms with E-state index in [0.717, 1.165) is 12.8 Å². The molecular formula is C14H29N3O. The number of nitrogens with two attached hydrogens (primary N) is 3. The van der Waals surface area contributed by atoms with Gasteiger partial charge in [-0.15, -0.1) is 0 Å².